The van der Waals surface area contributed by atoms with Crippen LogP contribution in [0.3, 0.4) is 0 Å². The topological polar surface area (TPSA) is 9.86 Å². The molecule has 0 fully saturated rings. The van der Waals surface area contributed by atoms with Crippen molar-refractivity contribution in [3.63, 3.8) is 0 Å². The van der Waals surface area contributed by atoms with Crippen LogP contribution in [0, 0.1) is 0 Å². The number of aromatic nitrogens is 2. The molecule has 0 saturated carbocycles. The van der Waals surface area contributed by atoms with Crippen molar-refractivity contribution < 1.29 is 0 Å². The van der Waals surface area contributed by atoms with Crippen LogP contribution in [0.2, 0.25) is 0 Å². The smallest absolute Gasteiger partial charge is 0.0562 e. The van der Waals surface area contributed by atoms with Crippen molar-refractivity contribution in [1.29, 1.82) is 0 Å². The quantitative estimate of drug-likeness (QED) is 0.236. The molecule has 8 aromatic rings. The largest absolute Gasteiger partial charge is 0.309 e. The fraction of sp³-hybridized carbons (Fsp3) is 0. The number of nitrogens with zero attached hydrogens (tertiary/aromatic N) is 2. The first kappa shape index (κ1) is 21.0. The van der Waals surface area contributed by atoms with E-state index in [-0.39, 0.29) is 0 Å². The molecule has 0 aliphatic heterocycles. The Labute approximate surface area is 220 Å². The van der Waals surface area contributed by atoms with Gasteiger partial charge in [0.25, 0.3) is 0 Å². The van der Waals surface area contributed by atoms with Crippen molar-refractivity contribution >= 4 is 43.6 Å². The predicted octanol–water partition coefficient (Wildman–Crippen LogP) is 9.55. The van der Waals surface area contributed by atoms with Crippen LogP contribution in [0.4, 0.5) is 0 Å². The van der Waals surface area contributed by atoms with Crippen molar-refractivity contribution in [1.82, 2.24) is 9.13 Å². The lowest BCUT2D eigenvalue weighted by molar-refractivity contribution is 1.16. The van der Waals surface area contributed by atoms with E-state index in [0.717, 1.165) is 5.69 Å². The highest BCUT2D eigenvalue weighted by molar-refractivity contribution is 6.19. The molecule has 178 valence electrons. The lowest BCUT2D eigenvalue weighted by Gasteiger charge is -2.11. The molecule has 0 aliphatic rings. The van der Waals surface area contributed by atoms with E-state index in [9.17, 15) is 0 Å². The van der Waals surface area contributed by atoms with Gasteiger partial charge in [-0.2, -0.15) is 0 Å². The summed E-state index contributed by atoms with van der Waals surface area (Å²) in [5.41, 5.74) is 9.67. The third-order valence-electron chi connectivity index (χ3n) is 7.71. The van der Waals surface area contributed by atoms with E-state index in [0.29, 0.717) is 0 Å². The molecule has 0 aliphatic carbocycles. The van der Waals surface area contributed by atoms with Crippen LogP contribution < -0.4 is 0 Å². The van der Waals surface area contributed by atoms with E-state index in [2.05, 4.69) is 155 Å². The number of fused-ring (bicyclic) bond motifs is 6. The van der Waals surface area contributed by atoms with Gasteiger partial charge in [0, 0.05) is 32.9 Å². The molecule has 38 heavy (non-hydrogen) atoms. The number of rotatable bonds is 3. The Bertz CT molecular complexity index is 2100. The SMILES string of the molecule is c1ccc(-c2ccc(-n3c4ccccc4c4cc5c6ccccc6n(-c6ccccc6)c5cc43)cc2)cc1. The Kier molecular flexibility index (Phi) is 4.55. The average Bonchev–Trinajstić information content (AvgIpc) is 3.49. The zero-order valence-corrected chi connectivity index (χ0v) is 20.8. The molecule has 0 spiro atoms. The Morgan fingerprint density at radius 1 is 0.289 bits per heavy atom. The van der Waals surface area contributed by atoms with E-state index in [4.69, 9.17) is 0 Å². The zero-order chi connectivity index (χ0) is 25.1. The van der Waals surface area contributed by atoms with Gasteiger partial charge in [0.1, 0.15) is 0 Å². The number of hydrogen-bond donors (Lipinski definition) is 0. The second-order valence-corrected chi connectivity index (χ2v) is 9.84. The fourth-order valence-corrected chi connectivity index (χ4v) is 6.00. The first-order valence-corrected chi connectivity index (χ1v) is 13.0. The van der Waals surface area contributed by atoms with Crippen LogP contribution >= 0.6 is 0 Å². The predicted molar refractivity (Wildman–Crippen MR) is 161 cm³/mol. The fourth-order valence-electron chi connectivity index (χ4n) is 6.00. The summed E-state index contributed by atoms with van der Waals surface area (Å²) in [4.78, 5) is 0. The molecule has 0 atom stereocenters. The molecule has 2 nitrogen and oxygen atoms in total. The lowest BCUT2D eigenvalue weighted by Crippen LogP contribution is -1.95. The summed E-state index contributed by atoms with van der Waals surface area (Å²) in [5.74, 6) is 0. The van der Waals surface area contributed by atoms with Crippen molar-refractivity contribution in [3.05, 3.63) is 146 Å². The van der Waals surface area contributed by atoms with Crippen LogP contribution in [-0.2, 0) is 0 Å². The molecule has 8 rings (SSSR count). The van der Waals surface area contributed by atoms with Crippen molar-refractivity contribution in [2.45, 2.75) is 0 Å². The monoisotopic (exact) mass is 484 g/mol. The van der Waals surface area contributed by atoms with Crippen LogP contribution in [-0.4, -0.2) is 9.13 Å². The molecule has 0 unspecified atom stereocenters. The molecule has 2 heterocycles. The maximum Gasteiger partial charge on any atom is 0.0562 e. The summed E-state index contributed by atoms with van der Waals surface area (Å²) in [5, 5.41) is 5.10. The van der Waals surface area contributed by atoms with Gasteiger partial charge in [-0.05, 0) is 59.7 Å². The average molecular weight is 485 g/mol. The highest BCUT2D eigenvalue weighted by Crippen LogP contribution is 2.39. The molecule has 0 bridgehead atoms. The summed E-state index contributed by atoms with van der Waals surface area (Å²) in [7, 11) is 0. The van der Waals surface area contributed by atoms with E-state index < -0.39 is 0 Å². The van der Waals surface area contributed by atoms with E-state index in [1.807, 2.05) is 0 Å². The van der Waals surface area contributed by atoms with Crippen LogP contribution in [0.5, 0.6) is 0 Å². The van der Waals surface area contributed by atoms with Crippen molar-refractivity contribution in [2.75, 3.05) is 0 Å². The van der Waals surface area contributed by atoms with Crippen LogP contribution in [0.25, 0.3) is 66.1 Å². The molecule has 2 aromatic heterocycles. The molecule has 0 amide bonds. The van der Waals surface area contributed by atoms with E-state index >= 15 is 0 Å². The Morgan fingerprint density at radius 2 is 0.737 bits per heavy atom. The summed E-state index contributed by atoms with van der Waals surface area (Å²) in [6, 6.07) is 52.4. The molecule has 6 aromatic carbocycles. The van der Waals surface area contributed by atoms with Crippen LogP contribution in [0.15, 0.2) is 146 Å². The molecule has 2 heteroatoms. The second kappa shape index (κ2) is 8.22. The first-order chi connectivity index (χ1) is 18.9. The summed E-state index contributed by atoms with van der Waals surface area (Å²) in [6.45, 7) is 0. The molecule has 0 radical (unpaired) electrons. The Balaban J connectivity index is 1.45. The minimum absolute atomic E-state index is 1.16. The summed E-state index contributed by atoms with van der Waals surface area (Å²) >= 11 is 0. The maximum atomic E-state index is 2.41. The molecule has 0 saturated heterocycles. The highest BCUT2D eigenvalue weighted by atomic mass is 15.0. The van der Waals surface area contributed by atoms with Crippen molar-refractivity contribution in [2.24, 2.45) is 0 Å². The second-order valence-electron chi connectivity index (χ2n) is 9.84. The number of benzene rings is 6. The summed E-state index contributed by atoms with van der Waals surface area (Å²) < 4.78 is 4.80. The highest BCUT2D eigenvalue weighted by Gasteiger charge is 2.18. The number of hydrogen-bond acceptors (Lipinski definition) is 0. The zero-order valence-electron chi connectivity index (χ0n) is 20.8. The van der Waals surface area contributed by atoms with Gasteiger partial charge in [-0.15, -0.1) is 0 Å². The molecular weight excluding hydrogens is 460 g/mol. The van der Waals surface area contributed by atoms with E-state index in [1.165, 1.54) is 60.4 Å². The normalized spacial score (nSPS) is 11.7. The van der Waals surface area contributed by atoms with Crippen molar-refractivity contribution in [3.8, 4) is 22.5 Å². The van der Waals surface area contributed by atoms with Gasteiger partial charge < -0.3 is 9.13 Å². The van der Waals surface area contributed by atoms with Gasteiger partial charge in [-0.1, -0.05) is 97.1 Å². The Morgan fingerprint density at radius 3 is 1.32 bits per heavy atom. The first-order valence-electron chi connectivity index (χ1n) is 13.0. The minimum atomic E-state index is 1.16. The summed E-state index contributed by atoms with van der Waals surface area (Å²) in [6.07, 6.45) is 0. The van der Waals surface area contributed by atoms with Gasteiger partial charge in [0.2, 0.25) is 0 Å². The van der Waals surface area contributed by atoms with Gasteiger partial charge in [-0.3, -0.25) is 0 Å². The van der Waals surface area contributed by atoms with Gasteiger partial charge in [-0.25, -0.2) is 0 Å². The molecule has 0 N–H and O–H groups in total. The van der Waals surface area contributed by atoms with E-state index in [1.54, 1.807) is 0 Å². The van der Waals surface area contributed by atoms with Gasteiger partial charge >= 0.3 is 0 Å². The number of para-hydroxylation sites is 3. The maximum absolute atomic E-state index is 2.41. The third kappa shape index (κ3) is 3.07. The van der Waals surface area contributed by atoms with Gasteiger partial charge in [0.15, 0.2) is 0 Å². The standard InChI is InChI=1S/C36H24N2/c1-3-11-25(12-4-1)26-19-21-28(22-20-26)38-34-18-10-8-16-30(34)32-23-31-29-15-7-9-17-33(29)37(35(31)24-36(32)38)27-13-5-2-6-14-27/h1-24H. The minimum Gasteiger partial charge on any atom is -0.309 e. The van der Waals surface area contributed by atoms with Crippen LogP contribution in [0.1, 0.15) is 0 Å². The Hall–Kier alpha value is -5.08. The molecular formula is C36H24N2. The third-order valence-corrected chi connectivity index (χ3v) is 7.71. The van der Waals surface area contributed by atoms with Gasteiger partial charge in [0.05, 0.1) is 22.1 Å². The lowest BCUT2D eigenvalue weighted by atomic mass is 10.1.